The predicted molar refractivity (Wildman–Crippen MR) is 229 cm³/mol. The maximum atomic E-state index is 7.05. The Morgan fingerprint density at radius 3 is 1.91 bits per heavy atom. The van der Waals surface area contributed by atoms with Crippen molar-refractivity contribution in [2.45, 2.75) is 0 Å². The molecule has 0 saturated heterocycles. The summed E-state index contributed by atoms with van der Waals surface area (Å²) >= 11 is 1.85. The van der Waals surface area contributed by atoms with Gasteiger partial charge in [0.1, 0.15) is 16.7 Å². The van der Waals surface area contributed by atoms with Crippen molar-refractivity contribution in [3.8, 4) is 11.1 Å². The van der Waals surface area contributed by atoms with Gasteiger partial charge >= 0.3 is 0 Å². The van der Waals surface area contributed by atoms with Crippen LogP contribution in [0.25, 0.3) is 96.7 Å². The van der Waals surface area contributed by atoms with Crippen LogP contribution in [0.1, 0.15) is 0 Å². The van der Waals surface area contributed by atoms with E-state index >= 15 is 0 Å². The molecule has 4 heteroatoms. The van der Waals surface area contributed by atoms with Gasteiger partial charge in [-0.2, -0.15) is 0 Å². The van der Waals surface area contributed by atoms with Gasteiger partial charge in [-0.05, 0) is 93.3 Å². The molecule has 0 N–H and O–H groups in total. The SMILES string of the molecule is c1ccc2cc(-c3ccc(N(c4cccc5c4oc4c5ccc5oc6ccccc6c54)c4cccc5c4sc4cc6ccccc6cc45)cc3)ccc2c1. The van der Waals surface area contributed by atoms with E-state index in [0.29, 0.717) is 0 Å². The van der Waals surface area contributed by atoms with Gasteiger partial charge in [0.05, 0.1) is 21.5 Å². The van der Waals surface area contributed by atoms with Gasteiger partial charge < -0.3 is 13.7 Å². The fourth-order valence-electron chi connectivity index (χ4n) is 8.45. The average Bonchev–Trinajstić information content (AvgIpc) is 3.92. The number of hydrogen-bond donors (Lipinski definition) is 0. The quantitative estimate of drug-likeness (QED) is 0.182. The van der Waals surface area contributed by atoms with E-state index in [1.54, 1.807) is 0 Å². The van der Waals surface area contributed by atoms with Crippen LogP contribution in [0, 0.1) is 0 Å². The summed E-state index contributed by atoms with van der Waals surface area (Å²) in [6.07, 6.45) is 0. The molecule has 0 unspecified atom stereocenters. The predicted octanol–water partition coefficient (Wildman–Crippen LogP) is 15.3. The van der Waals surface area contributed by atoms with Crippen molar-refractivity contribution in [2.24, 2.45) is 0 Å². The molecule has 0 amide bonds. The summed E-state index contributed by atoms with van der Waals surface area (Å²) in [6, 6.07) is 63.1. The molecule has 3 nitrogen and oxygen atoms in total. The van der Waals surface area contributed by atoms with E-state index in [2.05, 4.69) is 169 Å². The van der Waals surface area contributed by atoms with Crippen LogP contribution in [-0.2, 0) is 0 Å². The van der Waals surface area contributed by atoms with E-state index in [4.69, 9.17) is 8.83 Å². The van der Waals surface area contributed by atoms with Gasteiger partial charge in [0, 0.05) is 37.3 Å². The second kappa shape index (κ2) is 11.3. The van der Waals surface area contributed by atoms with Gasteiger partial charge in [0.25, 0.3) is 0 Å². The number of anilines is 3. The number of nitrogens with zero attached hydrogens (tertiary/aromatic N) is 1. The minimum Gasteiger partial charge on any atom is -0.456 e. The van der Waals surface area contributed by atoms with Gasteiger partial charge in [0.15, 0.2) is 5.58 Å². The normalized spacial score (nSPS) is 12.1. The molecule has 0 spiro atoms. The molecule has 12 aromatic rings. The van der Waals surface area contributed by atoms with Gasteiger partial charge in [0.2, 0.25) is 0 Å². The fraction of sp³-hybridized carbons (Fsp3) is 0. The van der Waals surface area contributed by atoms with Crippen LogP contribution in [0.3, 0.4) is 0 Å². The largest absolute Gasteiger partial charge is 0.456 e. The van der Waals surface area contributed by atoms with E-state index in [-0.39, 0.29) is 0 Å². The first-order valence-electron chi connectivity index (χ1n) is 18.2. The van der Waals surface area contributed by atoms with Crippen LogP contribution >= 0.6 is 11.3 Å². The molecule has 3 heterocycles. The number of thiophene rings is 1. The zero-order valence-electron chi connectivity index (χ0n) is 28.9. The molecule has 12 rings (SSSR count). The van der Waals surface area contributed by atoms with Gasteiger partial charge in [-0.3, -0.25) is 0 Å². The molecule has 3 aromatic heterocycles. The van der Waals surface area contributed by atoms with Crippen molar-refractivity contribution in [3.05, 3.63) is 176 Å². The lowest BCUT2D eigenvalue weighted by molar-refractivity contribution is 0.663. The van der Waals surface area contributed by atoms with E-state index < -0.39 is 0 Å². The lowest BCUT2D eigenvalue weighted by Gasteiger charge is -2.26. The lowest BCUT2D eigenvalue weighted by Crippen LogP contribution is -2.10. The van der Waals surface area contributed by atoms with E-state index in [9.17, 15) is 0 Å². The Morgan fingerprint density at radius 2 is 1.06 bits per heavy atom. The Hall–Kier alpha value is -6.88. The third-order valence-corrected chi connectivity index (χ3v) is 12.2. The zero-order valence-corrected chi connectivity index (χ0v) is 29.7. The minimum atomic E-state index is 0.827. The summed E-state index contributed by atoms with van der Waals surface area (Å²) in [4.78, 5) is 2.39. The molecular formula is C50H29NO2S. The molecule has 252 valence electrons. The van der Waals surface area contributed by atoms with Crippen LogP contribution in [-0.4, -0.2) is 0 Å². The maximum Gasteiger partial charge on any atom is 0.159 e. The maximum absolute atomic E-state index is 7.05. The molecule has 54 heavy (non-hydrogen) atoms. The van der Waals surface area contributed by atoms with Crippen LogP contribution in [0.4, 0.5) is 17.1 Å². The molecule has 9 aromatic carbocycles. The Labute approximate surface area is 313 Å². The molecule has 0 aliphatic heterocycles. The highest BCUT2D eigenvalue weighted by Gasteiger charge is 2.24. The highest BCUT2D eigenvalue weighted by atomic mass is 32.1. The van der Waals surface area contributed by atoms with Crippen molar-refractivity contribution in [1.29, 1.82) is 0 Å². The molecule has 0 aliphatic carbocycles. The number of fused-ring (bicyclic) bond motifs is 12. The number of furan rings is 2. The molecular weight excluding hydrogens is 679 g/mol. The summed E-state index contributed by atoms with van der Waals surface area (Å²) in [5.74, 6) is 0. The van der Waals surface area contributed by atoms with E-state index in [0.717, 1.165) is 60.9 Å². The minimum absolute atomic E-state index is 0.827. The summed E-state index contributed by atoms with van der Waals surface area (Å²) in [6.45, 7) is 0. The van der Waals surface area contributed by atoms with Gasteiger partial charge in [-0.15, -0.1) is 11.3 Å². The highest BCUT2D eigenvalue weighted by Crippen LogP contribution is 2.49. The Bertz CT molecular complexity index is 3460. The lowest BCUT2D eigenvalue weighted by atomic mass is 10.0. The summed E-state index contributed by atoms with van der Waals surface area (Å²) in [5, 5.41) is 11.7. The highest BCUT2D eigenvalue weighted by molar-refractivity contribution is 7.26. The zero-order chi connectivity index (χ0) is 35.3. The van der Waals surface area contributed by atoms with Gasteiger partial charge in [-0.25, -0.2) is 0 Å². The summed E-state index contributed by atoms with van der Waals surface area (Å²) < 4.78 is 15.8. The van der Waals surface area contributed by atoms with Gasteiger partial charge in [-0.1, -0.05) is 115 Å². The van der Waals surface area contributed by atoms with Crippen LogP contribution in [0.2, 0.25) is 0 Å². The molecule has 0 bridgehead atoms. The molecule has 0 atom stereocenters. The summed E-state index contributed by atoms with van der Waals surface area (Å²) in [7, 11) is 0. The average molecular weight is 708 g/mol. The third-order valence-electron chi connectivity index (χ3n) is 11.0. The first kappa shape index (κ1) is 29.7. The molecule has 0 aliphatic rings. The molecule has 0 radical (unpaired) electrons. The fourth-order valence-corrected chi connectivity index (χ4v) is 9.69. The second-order valence-electron chi connectivity index (χ2n) is 14.1. The van der Waals surface area contributed by atoms with Crippen LogP contribution in [0.15, 0.2) is 185 Å². The Kier molecular flexibility index (Phi) is 6.21. The van der Waals surface area contributed by atoms with Crippen molar-refractivity contribution < 1.29 is 8.83 Å². The van der Waals surface area contributed by atoms with Crippen molar-refractivity contribution in [3.63, 3.8) is 0 Å². The smallest absolute Gasteiger partial charge is 0.159 e. The first-order valence-corrected chi connectivity index (χ1v) is 19.1. The Balaban J connectivity index is 1.11. The standard InChI is InChI=1S/C50H29NO2S/c1-2-10-32-27-35(20-19-30(32)9-1)31-21-23-36(24-22-31)51(43-17-8-15-39-41-28-33-11-3-4-12-34(33)29-46(41)54-50(39)43)42-16-7-14-37-38-25-26-45-47(49(38)53-48(37)42)40-13-5-6-18-44(40)52-45/h1-29H. The van der Waals surface area contributed by atoms with Crippen molar-refractivity contribution in [1.82, 2.24) is 0 Å². The molecule has 0 fully saturated rings. The third kappa shape index (κ3) is 4.35. The number of hydrogen-bond acceptors (Lipinski definition) is 4. The van der Waals surface area contributed by atoms with Crippen molar-refractivity contribution in [2.75, 3.05) is 4.90 Å². The first-order chi connectivity index (χ1) is 26.7. The monoisotopic (exact) mass is 707 g/mol. The van der Waals surface area contributed by atoms with E-state index in [1.807, 2.05) is 23.5 Å². The second-order valence-corrected chi connectivity index (χ2v) is 15.1. The number of benzene rings is 9. The van der Waals surface area contributed by atoms with Crippen LogP contribution in [0.5, 0.6) is 0 Å². The topological polar surface area (TPSA) is 29.5 Å². The number of para-hydroxylation sites is 2. The Morgan fingerprint density at radius 1 is 0.389 bits per heavy atom. The van der Waals surface area contributed by atoms with E-state index in [1.165, 1.54) is 52.8 Å². The van der Waals surface area contributed by atoms with Crippen molar-refractivity contribution >= 4 is 114 Å². The summed E-state index contributed by atoms with van der Waals surface area (Å²) in [5.41, 5.74) is 8.90. The number of rotatable bonds is 4. The van der Waals surface area contributed by atoms with Crippen LogP contribution < -0.4 is 4.90 Å². The molecule has 0 saturated carbocycles.